The second kappa shape index (κ2) is 5.92. The van der Waals surface area contributed by atoms with Gasteiger partial charge in [0.1, 0.15) is 0 Å². The molecular weight excluding hydrogens is 322 g/mol. The molecule has 0 aliphatic carbocycles. The number of halogens is 1. The van der Waals surface area contributed by atoms with Gasteiger partial charge in [0, 0.05) is 27.3 Å². The number of aromatic nitrogens is 2. The first kappa shape index (κ1) is 14.3. The first-order valence-corrected chi connectivity index (χ1v) is 7.74. The first-order valence-electron chi connectivity index (χ1n) is 5.96. The standard InChI is InChI=1S/C14H16BrN3S/c1-8-9(2)17-14(18-10(8)3)19-7-11-4-5-12(16)6-13(11)15/h4-6H,7,16H2,1-3H3. The number of hydrogen-bond donors (Lipinski definition) is 1. The lowest BCUT2D eigenvalue weighted by molar-refractivity contribution is 0.880. The van der Waals surface area contributed by atoms with Crippen LogP contribution in [0.25, 0.3) is 0 Å². The molecule has 0 amide bonds. The molecule has 2 rings (SSSR count). The topological polar surface area (TPSA) is 51.8 Å². The maximum atomic E-state index is 5.73. The highest BCUT2D eigenvalue weighted by molar-refractivity contribution is 9.10. The number of hydrogen-bond acceptors (Lipinski definition) is 4. The van der Waals surface area contributed by atoms with Gasteiger partial charge in [0.15, 0.2) is 5.16 Å². The Labute approximate surface area is 126 Å². The van der Waals surface area contributed by atoms with E-state index in [1.54, 1.807) is 11.8 Å². The number of nitrogens with two attached hydrogens (primary N) is 1. The summed E-state index contributed by atoms with van der Waals surface area (Å²) in [5, 5.41) is 0.823. The fourth-order valence-electron chi connectivity index (χ4n) is 1.63. The molecule has 1 heterocycles. The Balaban J connectivity index is 2.14. The van der Waals surface area contributed by atoms with Crippen molar-refractivity contribution >= 4 is 33.4 Å². The van der Waals surface area contributed by atoms with Crippen LogP contribution in [0.1, 0.15) is 22.5 Å². The average molecular weight is 338 g/mol. The van der Waals surface area contributed by atoms with Gasteiger partial charge in [-0.3, -0.25) is 0 Å². The predicted molar refractivity (Wildman–Crippen MR) is 84.4 cm³/mol. The van der Waals surface area contributed by atoms with Crippen molar-refractivity contribution in [2.75, 3.05) is 5.73 Å². The van der Waals surface area contributed by atoms with Crippen LogP contribution in [-0.4, -0.2) is 9.97 Å². The third kappa shape index (κ3) is 3.48. The Morgan fingerprint density at radius 2 is 1.79 bits per heavy atom. The van der Waals surface area contributed by atoms with E-state index in [0.29, 0.717) is 0 Å². The second-order valence-electron chi connectivity index (χ2n) is 4.44. The fourth-order valence-corrected chi connectivity index (χ4v) is 3.29. The maximum absolute atomic E-state index is 5.73. The SMILES string of the molecule is Cc1nc(SCc2ccc(N)cc2Br)nc(C)c1C. The van der Waals surface area contributed by atoms with E-state index in [1.807, 2.05) is 32.0 Å². The predicted octanol–water partition coefficient (Wildman–Crippen LogP) is 4.04. The van der Waals surface area contributed by atoms with Gasteiger partial charge >= 0.3 is 0 Å². The summed E-state index contributed by atoms with van der Waals surface area (Å²) in [6.07, 6.45) is 0. The van der Waals surface area contributed by atoms with Gasteiger partial charge in [0.05, 0.1) is 0 Å². The van der Waals surface area contributed by atoms with Crippen LogP contribution < -0.4 is 5.73 Å². The smallest absolute Gasteiger partial charge is 0.188 e. The number of rotatable bonds is 3. The average Bonchev–Trinajstić information content (AvgIpc) is 2.34. The van der Waals surface area contributed by atoms with Crippen LogP contribution in [0.4, 0.5) is 5.69 Å². The molecule has 1 aromatic heterocycles. The molecule has 0 unspecified atom stereocenters. The molecule has 3 nitrogen and oxygen atoms in total. The van der Waals surface area contributed by atoms with Gasteiger partial charge < -0.3 is 5.73 Å². The van der Waals surface area contributed by atoms with E-state index in [0.717, 1.165) is 38.0 Å². The number of aryl methyl sites for hydroxylation is 2. The summed E-state index contributed by atoms with van der Waals surface area (Å²) in [5.41, 5.74) is 10.9. The van der Waals surface area contributed by atoms with Gasteiger partial charge in [-0.1, -0.05) is 33.8 Å². The Bertz CT molecular complexity index is 591. The van der Waals surface area contributed by atoms with E-state index in [-0.39, 0.29) is 0 Å². The normalized spacial score (nSPS) is 10.7. The van der Waals surface area contributed by atoms with Crippen molar-refractivity contribution in [3.05, 3.63) is 45.2 Å². The van der Waals surface area contributed by atoms with Gasteiger partial charge in [-0.2, -0.15) is 0 Å². The molecule has 0 atom stereocenters. The molecular formula is C14H16BrN3S. The Kier molecular flexibility index (Phi) is 4.47. The molecule has 0 spiro atoms. The van der Waals surface area contributed by atoms with Crippen LogP contribution >= 0.6 is 27.7 Å². The Morgan fingerprint density at radius 1 is 1.16 bits per heavy atom. The molecule has 0 radical (unpaired) electrons. The number of nitrogen functional groups attached to an aromatic ring is 1. The molecule has 0 saturated heterocycles. The van der Waals surface area contributed by atoms with Crippen molar-refractivity contribution in [2.45, 2.75) is 31.7 Å². The van der Waals surface area contributed by atoms with Crippen LogP contribution in [0.2, 0.25) is 0 Å². The van der Waals surface area contributed by atoms with E-state index in [2.05, 4.69) is 32.8 Å². The van der Waals surface area contributed by atoms with Crippen LogP contribution in [0.5, 0.6) is 0 Å². The summed E-state index contributed by atoms with van der Waals surface area (Å²) in [4.78, 5) is 9.02. The monoisotopic (exact) mass is 337 g/mol. The lowest BCUT2D eigenvalue weighted by atomic mass is 10.2. The quantitative estimate of drug-likeness (QED) is 0.521. The van der Waals surface area contributed by atoms with E-state index in [4.69, 9.17) is 5.73 Å². The number of benzene rings is 1. The zero-order valence-corrected chi connectivity index (χ0v) is 13.6. The summed E-state index contributed by atoms with van der Waals surface area (Å²) in [6.45, 7) is 6.09. The Morgan fingerprint density at radius 3 is 2.37 bits per heavy atom. The molecule has 2 N–H and O–H groups in total. The number of nitrogens with zero attached hydrogens (tertiary/aromatic N) is 2. The minimum atomic E-state index is 0.763. The van der Waals surface area contributed by atoms with Crippen molar-refractivity contribution in [3.63, 3.8) is 0 Å². The van der Waals surface area contributed by atoms with Crippen molar-refractivity contribution in [3.8, 4) is 0 Å². The molecule has 19 heavy (non-hydrogen) atoms. The first-order chi connectivity index (χ1) is 8.97. The van der Waals surface area contributed by atoms with Crippen LogP contribution in [0, 0.1) is 20.8 Å². The molecule has 0 bridgehead atoms. The highest BCUT2D eigenvalue weighted by atomic mass is 79.9. The molecule has 2 aromatic rings. The molecule has 0 saturated carbocycles. The minimum absolute atomic E-state index is 0.763. The van der Waals surface area contributed by atoms with E-state index in [1.165, 1.54) is 5.56 Å². The lowest BCUT2D eigenvalue weighted by Gasteiger charge is -2.08. The second-order valence-corrected chi connectivity index (χ2v) is 6.24. The van der Waals surface area contributed by atoms with E-state index < -0.39 is 0 Å². The highest BCUT2D eigenvalue weighted by Gasteiger charge is 2.07. The van der Waals surface area contributed by atoms with Gasteiger partial charge in [-0.15, -0.1) is 0 Å². The van der Waals surface area contributed by atoms with Gasteiger partial charge in [0.25, 0.3) is 0 Å². The van der Waals surface area contributed by atoms with Crippen molar-refractivity contribution in [1.82, 2.24) is 9.97 Å². The zero-order valence-electron chi connectivity index (χ0n) is 11.2. The van der Waals surface area contributed by atoms with Gasteiger partial charge in [-0.05, 0) is 44.0 Å². The van der Waals surface area contributed by atoms with Crippen LogP contribution in [0.3, 0.4) is 0 Å². The molecule has 0 aliphatic heterocycles. The van der Waals surface area contributed by atoms with Crippen molar-refractivity contribution < 1.29 is 0 Å². The maximum Gasteiger partial charge on any atom is 0.188 e. The number of thioether (sulfide) groups is 1. The van der Waals surface area contributed by atoms with E-state index in [9.17, 15) is 0 Å². The molecule has 100 valence electrons. The summed E-state index contributed by atoms with van der Waals surface area (Å²) < 4.78 is 1.03. The zero-order chi connectivity index (χ0) is 14.0. The molecule has 0 aliphatic rings. The van der Waals surface area contributed by atoms with Gasteiger partial charge in [-0.25, -0.2) is 9.97 Å². The summed E-state index contributed by atoms with van der Waals surface area (Å²) >= 11 is 5.16. The number of anilines is 1. The van der Waals surface area contributed by atoms with Crippen LogP contribution in [0.15, 0.2) is 27.8 Å². The molecule has 0 fully saturated rings. The third-order valence-electron chi connectivity index (χ3n) is 3.05. The summed E-state index contributed by atoms with van der Waals surface area (Å²) in [6, 6.07) is 5.86. The lowest BCUT2D eigenvalue weighted by Crippen LogP contribution is -1.98. The largest absolute Gasteiger partial charge is 0.399 e. The van der Waals surface area contributed by atoms with Crippen molar-refractivity contribution in [2.24, 2.45) is 0 Å². The van der Waals surface area contributed by atoms with E-state index >= 15 is 0 Å². The minimum Gasteiger partial charge on any atom is -0.399 e. The molecule has 5 heteroatoms. The van der Waals surface area contributed by atoms with Gasteiger partial charge in [0.2, 0.25) is 0 Å². The third-order valence-corrected chi connectivity index (χ3v) is 4.68. The summed E-state index contributed by atoms with van der Waals surface area (Å²) in [5.74, 6) is 0.822. The summed E-state index contributed by atoms with van der Waals surface area (Å²) in [7, 11) is 0. The fraction of sp³-hybridized carbons (Fsp3) is 0.286. The van der Waals surface area contributed by atoms with Crippen molar-refractivity contribution in [1.29, 1.82) is 0 Å². The van der Waals surface area contributed by atoms with Crippen LogP contribution in [-0.2, 0) is 5.75 Å². The molecule has 1 aromatic carbocycles. The highest BCUT2D eigenvalue weighted by Crippen LogP contribution is 2.27. The Hall–Kier alpha value is -1.07.